The number of aliphatic carboxylic acids is 1. The number of hydrogen-bond donors (Lipinski definition) is 5. The molecule has 18 heteroatoms. The Morgan fingerprint density at radius 1 is 0.731 bits per heavy atom. The molecule has 1 heterocycles. The van der Waals surface area contributed by atoms with E-state index >= 15 is 0 Å². The van der Waals surface area contributed by atoms with Crippen molar-refractivity contribution < 1.29 is 62.4 Å². The van der Waals surface area contributed by atoms with Gasteiger partial charge in [0.25, 0.3) is 11.8 Å². The Morgan fingerprint density at radius 2 is 1.29 bits per heavy atom. The topological polar surface area (TPSA) is 237 Å². The van der Waals surface area contributed by atoms with Gasteiger partial charge in [0.1, 0.15) is 17.7 Å². The minimum absolute atomic E-state index is 0.00532. The van der Waals surface area contributed by atoms with Gasteiger partial charge in [-0.25, -0.2) is 9.59 Å². The molecule has 52 heavy (non-hydrogen) atoms. The fourth-order valence-corrected chi connectivity index (χ4v) is 4.42. The normalized spacial score (nSPS) is 13.9. The van der Waals surface area contributed by atoms with Crippen LogP contribution >= 0.6 is 0 Å². The number of carboxylic acids is 1. The molecule has 1 aliphatic heterocycles. The first-order chi connectivity index (χ1) is 24.6. The average Bonchev–Trinajstić information content (AvgIpc) is 3.38. The van der Waals surface area contributed by atoms with Crippen LogP contribution in [0.4, 0.5) is 4.79 Å². The summed E-state index contributed by atoms with van der Waals surface area (Å²) in [5.41, 5.74) is -0.624. The van der Waals surface area contributed by atoms with Gasteiger partial charge < -0.3 is 50.1 Å². The van der Waals surface area contributed by atoms with E-state index in [9.17, 15) is 38.7 Å². The standard InChI is InChI=1S/C34H57N5O13/c1-24(2)30(31(44)37-25(32(45)46)8-6-7-13-36-33(47)52-34(3,4)5)38-27(41)12-16-48-18-20-50-22-23-51-21-19-49-17-14-35-26(40)11-15-39-28(42)9-10-29(39)43/h9-10,24-25,30H,6-8,11-23H2,1-5H3,(H,35,40)(H,36,47)(H,37,44)(H,38,41)(H,45,46)/t25-,30?/m0/s1. The molecule has 0 aromatic heterocycles. The maximum Gasteiger partial charge on any atom is 0.407 e. The maximum absolute atomic E-state index is 12.9. The fraction of sp³-hybridized carbons (Fsp3) is 0.735. The van der Waals surface area contributed by atoms with Gasteiger partial charge >= 0.3 is 12.1 Å². The smallest absolute Gasteiger partial charge is 0.407 e. The van der Waals surface area contributed by atoms with Crippen molar-refractivity contribution in [2.45, 2.75) is 84.4 Å². The van der Waals surface area contributed by atoms with Crippen molar-refractivity contribution in [3.8, 4) is 0 Å². The van der Waals surface area contributed by atoms with Crippen molar-refractivity contribution in [3.05, 3.63) is 12.2 Å². The molecule has 2 atom stereocenters. The minimum atomic E-state index is -1.20. The predicted octanol–water partition coefficient (Wildman–Crippen LogP) is 0.279. The molecule has 0 aromatic carbocycles. The summed E-state index contributed by atoms with van der Waals surface area (Å²) >= 11 is 0. The van der Waals surface area contributed by atoms with Crippen LogP contribution in [0.1, 0.15) is 66.7 Å². The Kier molecular flexibility index (Phi) is 22.7. The molecular weight excluding hydrogens is 686 g/mol. The van der Waals surface area contributed by atoms with Crippen LogP contribution in [-0.4, -0.2) is 142 Å². The number of imide groups is 1. The van der Waals surface area contributed by atoms with E-state index in [4.69, 9.17) is 23.7 Å². The number of carbonyl (C=O) groups excluding carboxylic acids is 6. The summed E-state index contributed by atoms with van der Waals surface area (Å²) in [6, 6.07) is -2.09. The van der Waals surface area contributed by atoms with Gasteiger partial charge in [-0.2, -0.15) is 0 Å². The maximum atomic E-state index is 12.9. The molecule has 0 aliphatic carbocycles. The number of nitrogens with zero attached hydrogens (tertiary/aromatic N) is 1. The molecule has 0 saturated heterocycles. The van der Waals surface area contributed by atoms with Crippen LogP contribution in [0.5, 0.6) is 0 Å². The first kappa shape index (κ1) is 45.9. The van der Waals surface area contributed by atoms with Crippen LogP contribution in [-0.2, 0) is 52.5 Å². The molecule has 0 saturated carbocycles. The van der Waals surface area contributed by atoms with Gasteiger partial charge in [-0.1, -0.05) is 13.8 Å². The van der Waals surface area contributed by atoms with Gasteiger partial charge in [0, 0.05) is 44.6 Å². The first-order valence-corrected chi connectivity index (χ1v) is 17.5. The van der Waals surface area contributed by atoms with Gasteiger partial charge in [0.15, 0.2) is 0 Å². The average molecular weight is 744 g/mol. The van der Waals surface area contributed by atoms with Crippen LogP contribution in [0.25, 0.3) is 0 Å². The van der Waals surface area contributed by atoms with Crippen molar-refractivity contribution in [2.24, 2.45) is 5.92 Å². The van der Waals surface area contributed by atoms with Crippen LogP contribution in [0.2, 0.25) is 0 Å². The lowest BCUT2D eigenvalue weighted by atomic mass is 10.0. The number of carbonyl (C=O) groups is 7. The van der Waals surface area contributed by atoms with Gasteiger partial charge in [-0.05, 0) is 46.0 Å². The highest BCUT2D eigenvalue weighted by Gasteiger charge is 2.28. The summed E-state index contributed by atoms with van der Waals surface area (Å²) in [5.74, 6) is -3.65. The molecule has 6 amide bonds. The number of carboxylic acid groups (broad SMARTS) is 1. The van der Waals surface area contributed by atoms with E-state index in [1.54, 1.807) is 34.6 Å². The Labute approximate surface area is 305 Å². The fourth-order valence-electron chi connectivity index (χ4n) is 4.42. The number of nitrogens with one attached hydrogen (secondary N) is 4. The van der Waals surface area contributed by atoms with Gasteiger partial charge in [0.05, 0.1) is 52.9 Å². The second-order valence-corrected chi connectivity index (χ2v) is 13.1. The Hall–Kier alpha value is -4.13. The number of unbranched alkanes of at least 4 members (excludes halogenated alkanes) is 1. The highest BCUT2D eigenvalue weighted by molar-refractivity contribution is 6.13. The van der Waals surface area contributed by atoms with E-state index in [1.807, 2.05) is 0 Å². The lowest BCUT2D eigenvalue weighted by Gasteiger charge is -2.24. The zero-order valence-corrected chi connectivity index (χ0v) is 31.0. The lowest BCUT2D eigenvalue weighted by molar-refractivity contribution is -0.142. The lowest BCUT2D eigenvalue weighted by Crippen LogP contribution is -2.53. The first-order valence-electron chi connectivity index (χ1n) is 17.5. The molecule has 0 radical (unpaired) electrons. The summed E-state index contributed by atoms with van der Waals surface area (Å²) in [6.45, 7) is 11.5. The van der Waals surface area contributed by atoms with E-state index in [-0.39, 0.29) is 70.6 Å². The highest BCUT2D eigenvalue weighted by Crippen LogP contribution is 2.09. The minimum Gasteiger partial charge on any atom is -0.480 e. The molecule has 18 nitrogen and oxygen atoms in total. The third-order valence-electron chi connectivity index (χ3n) is 7.09. The highest BCUT2D eigenvalue weighted by atomic mass is 16.6. The Morgan fingerprint density at radius 3 is 1.83 bits per heavy atom. The molecule has 0 spiro atoms. The number of amides is 6. The third kappa shape index (κ3) is 21.9. The van der Waals surface area contributed by atoms with Crippen LogP contribution in [0.15, 0.2) is 12.2 Å². The number of alkyl carbamates (subject to hydrolysis) is 1. The molecule has 0 bridgehead atoms. The number of ether oxygens (including phenoxy) is 5. The molecule has 1 rings (SSSR count). The van der Waals surface area contributed by atoms with Crippen molar-refractivity contribution >= 4 is 41.6 Å². The van der Waals surface area contributed by atoms with Gasteiger partial charge in [-0.3, -0.25) is 28.9 Å². The SMILES string of the molecule is CC(C)C(NC(=O)CCOCCOCCOCCOCCNC(=O)CCN1C(=O)C=CC1=O)C(=O)N[C@@H](CCCCNC(=O)OC(C)(C)C)C(=O)O. The van der Waals surface area contributed by atoms with Crippen LogP contribution in [0.3, 0.4) is 0 Å². The van der Waals surface area contributed by atoms with Crippen molar-refractivity contribution in [2.75, 3.05) is 72.5 Å². The molecule has 1 aliphatic rings. The third-order valence-corrected chi connectivity index (χ3v) is 7.09. The van der Waals surface area contributed by atoms with Gasteiger partial charge in [0.2, 0.25) is 17.7 Å². The van der Waals surface area contributed by atoms with Crippen LogP contribution in [0, 0.1) is 5.92 Å². The monoisotopic (exact) mass is 743 g/mol. The summed E-state index contributed by atoms with van der Waals surface area (Å²) in [5, 5.41) is 20.0. The molecule has 5 N–H and O–H groups in total. The summed E-state index contributed by atoms with van der Waals surface area (Å²) in [6.07, 6.45) is 2.85. The quantitative estimate of drug-likeness (QED) is 0.0536. The van der Waals surface area contributed by atoms with E-state index in [0.29, 0.717) is 45.8 Å². The van der Waals surface area contributed by atoms with Crippen molar-refractivity contribution in [1.82, 2.24) is 26.2 Å². The summed E-state index contributed by atoms with van der Waals surface area (Å²) in [4.78, 5) is 84.6. The van der Waals surface area contributed by atoms with E-state index in [1.165, 1.54) is 12.2 Å². The largest absolute Gasteiger partial charge is 0.480 e. The predicted molar refractivity (Wildman–Crippen MR) is 186 cm³/mol. The molecule has 0 fully saturated rings. The molecule has 296 valence electrons. The molecule has 0 aromatic rings. The van der Waals surface area contributed by atoms with Crippen molar-refractivity contribution in [3.63, 3.8) is 0 Å². The Bertz CT molecular complexity index is 1170. The Balaban J connectivity index is 2.08. The number of hydrogen-bond acceptors (Lipinski definition) is 12. The molecule has 1 unspecified atom stereocenters. The molecular formula is C34H57N5O13. The van der Waals surface area contributed by atoms with E-state index in [2.05, 4.69) is 21.3 Å². The summed E-state index contributed by atoms with van der Waals surface area (Å²) < 4.78 is 26.8. The second kappa shape index (κ2) is 25.8. The zero-order chi connectivity index (χ0) is 38.9. The van der Waals surface area contributed by atoms with Crippen LogP contribution < -0.4 is 21.3 Å². The number of rotatable bonds is 28. The van der Waals surface area contributed by atoms with E-state index in [0.717, 1.165) is 4.90 Å². The van der Waals surface area contributed by atoms with Gasteiger partial charge in [-0.15, -0.1) is 0 Å². The van der Waals surface area contributed by atoms with Crippen molar-refractivity contribution in [1.29, 1.82) is 0 Å². The van der Waals surface area contributed by atoms with E-state index < -0.39 is 53.4 Å². The summed E-state index contributed by atoms with van der Waals surface area (Å²) in [7, 11) is 0. The zero-order valence-electron chi connectivity index (χ0n) is 31.0. The second-order valence-electron chi connectivity index (χ2n) is 13.1.